The Morgan fingerprint density at radius 2 is 1.49 bits per heavy atom. The van der Waals surface area contributed by atoms with Crippen molar-refractivity contribution >= 4 is 11.8 Å². The molecular formula is C33H42N2O2. The number of aryl methyl sites for hydroxylation is 2. The summed E-state index contributed by atoms with van der Waals surface area (Å²) in [5, 5.41) is 3.09. The van der Waals surface area contributed by atoms with E-state index in [0.717, 1.165) is 29.5 Å². The van der Waals surface area contributed by atoms with Crippen LogP contribution in [0.4, 0.5) is 0 Å². The lowest BCUT2D eigenvalue weighted by molar-refractivity contribution is -0.141. The number of nitrogens with zero attached hydrogens (tertiary/aromatic N) is 1. The maximum absolute atomic E-state index is 13.8. The summed E-state index contributed by atoms with van der Waals surface area (Å²) in [5.74, 6) is 0.393. The minimum Gasteiger partial charge on any atom is -0.354 e. The molecule has 3 aromatic carbocycles. The largest absolute Gasteiger partial charge is 0.354 e. The van der Waals surface area contributed by atoms with Gasteiger partial charge in [-0.2, -0.15) is 0 Å². The number of amides is 2. The van der Waals surface area contributed by atoms with Crippen LogP contribution in [0.25, 0.3) is 0 Å². The van der Waals surface area contributed by atoms with Gasteiger partial charge in [-0.15, -0.1) is 0 Å². The lowest BCUT2D eigenvalue weighted by Crippen LogP contribution is -2.50. The van der Waals surface area contributed by atoms with Crippen molar-refractivity contribution in [2.45, 2.75) is 78.3 Å². The first-order valence-electron chi connectivity index (χ1n) is 13.6. The van der Waals surface area contributed by atoms with E-state index in [-0.39, 0.29) is 11.8 Å². The maximum Gasteiger partial charge on any atom is 0.243 e. The van der Waals surface area contributed by atoms with Crippen LogP contribution in [0.2, 0.25) is 0 Å². The van der Waals surface area contributed by atoms with Crippen molar-refractivity contribution in [1.82, 2.24) is 10.2 Å². The number of carbonyl (C=O) groups is 2. The number of rotatable bonds is 13. The zero-order chi connectivity index (χ0) is 26.6. The van der Waals surface area contributed by atoms with Crippen molar-refractivity contribution in [2.24, 2.45) is 0 Å². The van der Waals surface area contributed by atoms with E-state index in [2.05, 4.69) is 81.5 Å². The number of carbonyl (C=O) groups excluding carboxylic acids is 2. The topological polar surface area (TPSA) is 49.4 Å². The molecule has 3 rings (SSSR count). The average Bonchev–Trinajstić information content (AvgIpc) is 2.91. The van der Waals surface area contributed by atoms with Crippen LogP contribution in [0, 0.1) is 6.92 Å². The zero-order valence-electron chi connectivity index (χ0n) is 22.9. The fraction of sp³-hybridized carbons (Fsp3) is 0.394. The average molecular weight is 499 g/mol. The van der Waals surface area contributed by atoms with E-state index in [0.29, 0.717) is 38.3 Å². The summed E-state index contributed by atoms with van der Waals surface area (Å²) in [7, 11) is 0. The number of nitrogens with one attached hydrogen (secondary N) is 1. The van der Waals surface area contributed by atoms with Gasteiger partial charge in [-0.3, -0.25) is 9.59 Å². The molecule has 0 spiro atoms. The summed E-state index contributed by atoms with van der Waals surface area (Å²) in [4.78, 5) is 29.1. The van der Waals surface area contributed by atoms with Gasteiger partial charge in [-0.05, 0) is 47.9 Å². The van der Waals surface area contributed by atoms with E-state index in [1.54, 1.807) is 4.90 Å². The highest BCUT2D eigenvalue weighted by atomic mass is 16.2. The highest BCUT2D eigenvalue weighted by molar-refractivity contribution is 5.88. The van der Waals surface area contributed by atoms with Crippen molar-refractivity contribution in [3.8, 4) is 0 Å². The first-order chi connectivity index (χ1) is 17.9. The third-order valence-electron chi connectivity index (χ3n) is 6.85. The number of benzene rings is 3. The van der Waals surface area contributed by atoms with E-state index >= 15 is 0 Å². The van der Waals surface area contributed by atoms with Gasteiger partial charge in [0.1, 0.15) is 6.04 Å². The van der Waals surface area contributed by atoms with Crippen LogP contribution in [-0.4, -0.2) is 29.3 Å². The molecule has 0 heterocycles. The molecule has 4 nitrogen and oxygen atoms in total. The van der Waals surface area contributed by atoms with Gasteiger partial charge in [0.15, 0.2) is 0 Å². The van der Waals surface area contributed by atoms with Gasteiger partial charge in [0.05, 0.1) is 0 Å². The van der Waals surface area contributed by atoms with Crippen molar-refractivity contribution < 1.29 is 9.59 Å². The summed E-state index contributed by atoms with van der Waals surface area (Å²) < 4.78 is 0. The molecule has 37 heavy (non-hydrogen) atoms. The standard InChI is InChI=1S/C33H42N2O2/c1-5-6-22-34-33(37)31(23-28-10-8-7-9-11-28)35(24-29-14-12-26(4)13-15-29)32(36)21-18-27-16-19-30(20-17-27)25(2)3/h7-17,19-20,25,31H,5-6,18,21-24H2,1-4H3,(H,34,37)/t31-/m1/s1. The number of hydrogen-bond acceptors (Lipinski definition) is 2. The Balaban J connectivity index is 1.85. The van der Waals surface area contributed by atoms with Crippen molar-refractivity contribution in [2.75, 3.05) is 6.54 Å². The van der Waals surface area contributed by atoms with Gasteiger partial charge in [0.25, 0.3) is 0 Å². The molecule has 0 bridgehead atoms. The molecule has 196 valence electrons. The molecular weight excluding hydrogens is 456 g/mol. The third-order valence-corrected chi connectivity index (χ3v) is 6.85. The van der Waals surface area contributed by atoms with Crippen LogP contribution in [0.1, 0.15) is 73.8 Å². The second-order valence-electron chi connectivity index (χ2n) is 10.3. The molecule has 0 aliphatic rings. The summed E-state index contributed by atoms with van der Waals surface area (Å²) in [6.45, 7) is 9.55. The second kappa shape index (κ2) is 14.4. The van der Waals surface area contributed by atoms with E-state index < -0.39 is 6.04 Å². The molecule has 1 atom stereocenters. The van der Waals surface area contributed by atoms with Crippen LogP contribution in [-0.2, 0) is 29.0 Å². The molecule has 4 heteroatoms. The summed E-state index contributed by atoms with van der Waals surface area (Å²) >= 11 is 0. The van der Waals surface area contributed by atoms with E-state index in [4.69, 9.17) is 0 Å². The number of unbranched alkanes of at least 4 members (excludes halogenated alkanes) is 1. The Labute approximate surface area is 223 Å². The Kier molecular flexibility index (Phi) is 10.9. The van der Waals surface area contributed by atoms with Crippen LogP contribution in [0.5, 0.6) is 0 Å². The van der Waals surface area contributed by atoms with Crippen LogP contribution in [0.3, 0.4) is 0 Å². The van der Waals surface area contributed by atoms with Gasteiger partial charge in [0, 0.05) is 25.9 Å². The van der Waals surface area contributed by atoms with E-state index in [1.807, 2.05) is 30.3 Å². The molecule has 0 saturated carbocycles. The molecule has 0 aliphatic carbocycles. The smallest absolute Gasteiger partial charge is 0.243 e. The van der Waals surface area contributed by atoms with Crippen LogP contribution >= 0.6 is 0 Å². The molecule has 0 radical (unpaired) electrons. The molecule has 2 amide bonds. The Bertz CT molecular complexity index is 1110. The Morgan fingerprint density at radius 1 is 0.838 bits per heavy atom. The summed E-state index contributed by atoms with van der Waals surface area (Å²) in [5.41, 5.74) is 5.68. The van der Waals surface area contributed by atoms with Gasteiger partial charge in [-0.1, -0.05) is 112 Å². The van der Waals surface area contributed by atoms with Crippen molar-refractivity contribution in [1.29, 1.82) is 0 Å². The fourth-order valence-corrected chi connectivity index (χ4v) is 4.41. The number of hydrogen-bond donors (Lipinski definition) is 1. The SMILES string of the molecule is CCCCNC(=O)[C@@H](Cc1ccccc1)N(Cc1ccc(C)cc1)C(=O)CCc1ccc(C(C)C)cc1. The summed E-state index contributed by atoms with van der Waals surface area (Å²) in [6.07, 6.45) is 3.42. The van der Waals surface area contributed by atoms with E-state index in [1.165, 1.54) is 11.1 Å². The van der Waals surface area contributed by atoms with Gasteiger partial charge < -0.3 is 10.2 Å². The molecule has 0 aliphatic heterocycles. The minimum atomic E-state index is -0.573. The van der Waals surface area contributed by atoms with Crippen LogP contribution in [0.15, 0.2) is 78.9 Å². The fourth-order valence-electron chi connectivity index (χ4n) is 4.41. The normalized spacial score (nSPS) is 11.8. The minimum absolute atomic E-state index is 0.0000776. The first-order valence-corrected chi connectivity index (χ1v) is 13.6. The molecule has 3 aromatic rings. The maximum atomic E-state index is 13.8. The Hall–Kier alpha value is -3.40. The van der Waals surface area contributed by atoms with Gasteiger partial charge in [0.2, 0.25) is 11.8 Å². The predicted octanol–water partition coefficient (Wildman–Crippen LogP) is 6.61. The molecule has 0 fully saturated rings. The second-order valence-corrected chi connectivity index (χ2v) is 10.3. The van der Waals surface area contributed by atoms with Crippen molar-refractivity contribution in [3.63, 3.8) is 0 Å². The third kappa shape index (κ3) is 8.89. The van der Waals surface area contributed by atoms with Crippen LogP contribution < -0.4 is 5.32 Å². The van der Waals surface area contributed by atoms with Crippen molar-refractivity contribution in [3.05, 3.63) is 107 Å². The lowest BCUT2D eigenvalue weighted by atomic mass is 9.99. The monoisotopic (exact) mass is 498 g/mol. The van der Waals surface area contributed by atoms with Gasteiger partial charge >= 0.3 is 0 Å². The predicted molar refractivity (Wildman–Crippen MR) is 152 cm³/mol. The highest BCUT2D eigenvalue weighted by Gasteiger charge is 2.30. The highest BCUT2D eigenvalue weighted by Crippen LogP contribution is 2.19. The quantitative estimate of drug-likeness (QED) is 0.270. The molecule has 0 aromatic heterocycles. The first kappa shape index (κ1) is 28.2. The molecule has 0 unspecified atom stereocenters. The van der Waals surface area contributed by atoms with E-state index in [9.17, 15) is 9.59 Å². The summed E-state index contributed by atoms with van der Waals surface area (Å²) in [6, 6.07) is 26.2. The lowest BCUT2D eigenvalue weighted by Gasteiger charge is -2.32. The molecule has 0 saturated heterocycles. The Morgan fingerprint density at radius 3 is 2.11 bits per heavy atom. The molecule has 1 N–H and O–H groups in total. The zero-order valence-corrected chi connectivity index (χ0v) is 22.9. The van der Waals surface area contributed by atoms with Gasteiger partial charge in [-0.25, -0.2) is 0 Å².